The quantitative estimate of drug-likeness (QED) is 0.424. The van der Waals surface area contributed by atoms with Gasteiger partial charge in [0.1, 0.15) is 0 Å². The van der Waals surface area contributed by atoms with E-state index in [0.717, 1.165) is 0 Å². The van der Waals surface area contributed by atoms with Crippen LogP contribution >= 0.6 is 0 Å². The fourth-order valence-electron chi connectivity index (χ4n) is 0.499. The summed E-state index contributed by atoms with van der Waals surface area (Å²) in [6.07, 6.45) is 0.716. The summed E-state index contributed by atoms with van der Waals surface area (Å²) in [6, 6.07) is 0. The molecular formula is C4H12BNO2. The molecule has 0 fully saturated rings. The monoisotopic (exact) mass is 117 g/mol. The second kappa shape index (κ2) is 3.89. The van der Waals surface area contributed by atoms with Gasteiger partial charge in [0.15, 0.2) is 0 Å². The highest BCUT2D eigenvalue weighted by molar-refractivity contribution is 6.43. The van der Waals surface area contributed by atoms with Gasteiger partial charge in [0.05, 0.1) is 0 Å². The van der Waals surface area contributed by atoms with E-state index in [4.69, 9.17) is 15.8 Å². The molecule has 0 saturated heterocycles. The molecule has 0 spiro atoms. The van der Waals surface area contributed by atoms with Crippen LogP contribution in [0, 0.1) is 0 Å². The molecule has 1 unspecified atom stereocenters. The van der Waals surface area contributed by atoms with E-state index < -0.39 is 7.12 Å². The Labute approximate surface area is 49.7 Å². The first-order valence-corrected chi connectivity index (χ1v) is 2.78. The Morgan fingerprint density at radius 3 is 2.12 bits per heavy atom. The van der Waals surface area contributed by atoms with Crippen molar-refractivity contribution in [2.75, 3.05) is 6.54 Å². The molecule has 1 atom stereocenters. The molecule has 48 valence electrons. The highest BCUT2D eigenvalue weighted by atomic mass is 16.4. The predicted molar refractivity (Wildman–Crippen MR) is 33.3 cm³/mol. The van der Waals surface area contributed by atoms with Crippen molar-refractivity contribution < 1.29 is 10.0 Å². The van der Waals surface area contributed by atoms with Crippen LogP contribution in [-0.4, -0.2) is 23.7 Å². The Balaban J connectivity index is 3.35. The third kappa shape index (κ3) is 2.30. The first kappa shape index (κ1) is 7.94. The van der Waals surface area contributed by atoms with Crippen LogP contribution in [0.1, 0.15) is 13.3 Å². The maximum Gasteiger partial charge on any atom is 0.456 e. The van der Waals surface area contributed by atoms with Crippen LogP contribution in [-0.2, 0) is 0 Å². The van der Waals surface area contributed by atoms with E-state index in [1.165, 1.54) is 0 Å². The fourth-order valence-corrected chi connectivity index (χ4v) is 0.499. The maximum absolute atomic E-state index is 8.49. The van der Waals surface area contributed by atoms with Crippen molar-refractivity contribution in [1.82, 2.24) is 0 Å². The van der Waals surface area contributed by atoms with Crippen molar-refractivity contribution in [3.05, 3.63) is 0 Å². The lowest BCUT2D eigenvalue weighted by molar-refractivity contribution is 0.382. The average molecular weight is 117 g/mol. The molecule has 0 aromatic heterocycles. The van der Waals surface area contributed by atoms with Gasteiger partial charge in [-0.2, -0.15) is 0 Å². The van der Waals surface area contributed by atoms with Gasteiger partial charge in [-0.3, -0.25) is 0 Å². The highest BCUT2D eigenvalue weighted by Crippen LogP contribution is 2.07. The Kier molecular flexibility index (Phi) is 3.86. The molecule has 0 bridgehead atoms. The zero-order valence-corrected chi connectivity index (χ0v) is 5.04. The summed E-state index contributed by atoms with van der Waals surface area (Å²) in [7, 11) is -1.25. The molecule has 0 radical (unpaired) electrons. The lowest BCUT2D eigenvalue weighted by atomic mass is 9.71. The van der Waals surface area contributed by atoms with Gasteiger partial charge in [-0.25, -0.2) is 0 Å². The van der Waals surface area contributed by atoms with Crippen molar-refractivity contribution in [3.63, 3.8) is 0 Å². The minimum atomic E-state index is -1.25. The lowest BCUT2D eigenvalue weighted by Gasteiger charge is -2.08. The van der Waals surface area contributed by atoms with Crippen molar-refractivity contribution in [2.45, 2.75) is 19.2 Å². The second-order valence-corrected chi connectivity index (χ2v) is 1.82. The van der Waals surface area contributed by atoms with Gasteiger partial charge >= 0.3 is 7.12 Å². The largest absolute Gasteiger partial charge is 0.456 e. The Morgan fingerprint density at radius 1 is 1.62 bits per heavy atom. The van der Waals surface area contributed by atoms with E-state index in [1.807, 2.05) is 6.92 Å². The van der Waals surface area contributed by atoms with Crippen LogP contribution in [0.5, 0.6) is 0 Å². The number of rotatable bonds is 3. The molecule has 3 nitrogen and oxygen atoms in total. The highest BCUT2D eigenvalue weighted by Gasteiger charge is 2.18. The predicted octanol–water partition coefficient (Wildman–Crippen LogP) is -0.802. The van der Waals surface area contributed by atoms with E-state index >= 15 is 0 Å². The molecule has 0 aliphatic rings. The SMILES string of the molecule is CCC(CN)B(O)O. The number of hydrogen-bond acceptors (Lipinski definition) is 3. The molecule has 8 heavy (non-hydrogen) atoms. The molecule has 0 aliphatic carbocycles. The van der Waals surface area contributed by atoms with Gasteiger partial charge in [-0.15, -0.1) is 0 Å². The van der Waals surface area contributed by atoms with Crippen molar-refractivity contribution in [2.24, 2.45) is 5.73 Å². The van der Waals surface area contributed by atoms with Gasteiger partial charge < -0.3 is 15.8 Å². The fraction of sp³-hybridized carbons (Fsp3) is 1.00. The zero-order chi connectivity index (χ0) is 6.57. The molecule has 0 aromatic carbocycles. The van der Waals surface area contributed by atoms with Crippen molar-refractivity contribution >= 4 is 7.12 Å². The Morgan fingerprint density at radius 2 is 2.12 bits per heavy atom. The van der Waals surface area contributed by atoms with Crippen LogP contribution in [0.25, 0.3) is 0 Å². The molecule has 0 aliphatic heterocycles. The smallest absolute Gasteiger partial charge is 0.427 e. The van der Waals surface area contributed by atoms with Gasteiger partial charge in [0, 0.05) is 5.82 Å². The molecule has 0 heterocycles. The van der Waals surface area contributed by atoms with Crippen LogP contribution in [0.4, 0.5) is 0 Å². The maximum atomic E-state index is 8.49. The van der Waals surface area contributed by atoms with Crippen LogP contribution < -0.4 is 5.73 Å². The summed E-state index contributed by atoms with van der Waals surface area (Å²) in [5.41, 5.74) is 5.16. The topological polar surface area (TPSA) is 66.5 Å². The summed E-state index contributed by atoms with van der Waals surface area (Å²) in [6.45, 7) is 2.21. The third-order valence-corrected chi connectivity index (χ3v) is 1.25. The molecular weight excluding hydrogens is 105 g/mol. The minimum Gasteiger partial charge on any atom is -0.427 e. The number of nitrogens with two attached hydrogens (primary N) is 1. The minimum absolute atomic E-state index is 0.157. The van der Waals surface area contributed by atoms with Crippen molar-refractivity contribution in [1.29, 1.82) is 0 Å². The van der Waals surface area contributed by atoms with Gasteiger partial charge in [-0.05, 0) is 6.54 Å². The average Bonchev–Trinajstić information content (AvgIpc) is 1.69. The zero-order valence-electron chi connectivity index (χ0n) is 5.04. The summed E-state index contributed by atoms with van der Waals surface area (Å²) in [5.74, 6) is -0.157. The standard InChI is InChI=1S/C4H12BNO2/c1-2-4(3-6)5(7)8/h4,7-8H,2-3,6H2,1H3. The molecule has 4 N–H and O–H groups in total. The first-order valence-electron chi connectivity index (χ1n) is 2.78. The van der Waals surface area contributed by atoms with E-state index in [2.05, 4.69) is 0 Å². The van der Waals surface area contributed by atoms with E-state index in [1.54, 1.807) is 0 Å². The van der Waals surface area contributed by atoms with E-state index in [9.17, 15) is 0 Å². The van der Waals surface area contributed by atoms with Gasteiger partial charge in [0.2, 0.25) is 0 Å². The Hall–Kier alpha value is -0.0551. The molecule has 0 rings (SSSR count). The third-order valence-electron chi connectivity index (χ3n) is 1.25. The van der Waals surface area contributed by atoms with Crippen molar-refractivity contribution in [3.8, 4) is 0 Å². The first-order chi connectivity index (χ1) is 3.72. The van der Waals surface area contributed by atoms with Crippen LogP contribution in [0.15, 0.2) is 0 Å². The number of hydrogen-bond donors (Lipinski definition) is 3. The van der Waals surface area contributed by atoms with Gasteiger partial charge in [0.25, 0.3) is 0 Å². The molecule has 0 aromatic rings. The summed E-state index contributed by atoms with van der Waals surface area (Å²) in [4.78, 5) is 0. The Bertz CT molecular complexity index is 56.0. The molecule has 0 amide bonds. The summed E-state index contributed by atoms with van der Waals surface area (Å²) in [5, 5.41) is 17.0. The molecule has 0 saturated carbocycles. The lowest BCUT2D eigenvalue weighted by Crippen LogP contribution is -2.26. The van der Waals surface area contributed by atoms with Crippen LogP contribution in [0.2, 0.25) is 5.82 Å². The van der Waals surface area contributed by atoms with E-state index in [0.29, 0.717) is 13.0 Å². The summed E-state index contributed by atoms with van der Waals surface area (Å²) >= 11 is 0. The van der Waals surface area contributed by atoms with Gasteiger partial charge in [-0.1, -0.05) is 13.3 Å². The van der Waals surface area contributed by atoms with Crippen LogP contribution in [0.3, 0.4) is 0 Å². The normalized spacial score (nSPS) is 13.5. The van der Waals surface area contributed by atoms with E-state index in [-0.39, 0.29) is 5.82 Å². The summed E-state index contributed by atoms with van der Waals surface area (Å²) < 4.78 is 0. The molecule has 4 heteroatoms. The second-order valence-electron chi connectivity index (χ2n) is 1.82.